The molecule has 0 saturated carbocycles. The molecule has 2 aromatic heterocycles. The first kappa shape index (κ1) is 16.4. The summed E-state index contributed by atoms with van der Waals surface area (Å²) in [5.74, 6) is 0.205. The van der Waals surface area contributed by atoms with E-state index in [1.807, 2.05) is 12.1 Å². The zero-order chi connectivity index (χ0) is 16.8. The van der Waals surface area contributed by atoms with Gasteiger partial charge in [0, 0.05) is 43.5 Å². The maximum Gasteiger partial charge on any atom is 0.250 e. The lowest BCUT2D eigenvalue weighted by Gasteiger charge is -2.19. The number of carbonyl (C=O) groups is 1. The van der Waals surface area contributed by atoms with Crippen LogP contribution in [0.15, 0.2) is 53.7 Å². The summed E-state index contributed by atoms with van der Waals surface area (Å²) in [5.41, 5.74) is 1.10. The normalized spacial score (nSPS) is 20.0. The predicted octanol–water partition coefficient (Wildman–Crippen LogP) is 1.01. The van der Waals surface area contributed by atoms with Gasteiger partial charge in [-0.1, -0.05) is 6.07 Å². The van der Waals surface area contributed by atoms with E-state index in [1.165, 1.54) is 11.6 Å². The second-order valence-corrected chi connectivity index (χ2v) is 6.01. The van der Waals surface area contributed by atoms with Crippen LogP contribution in [0.1, 0.15) is 12.0 Å². The SMILES string of the molecule is O=C(CCn1ccccc1=O)N[C@H]1COC[C@H]1Cc1ccncc1. The Bertz CT molecular complexity index is 730. The van der Waals surface area contributed by atoms with Gasteiger partial charge in [-0.05, 0) is 30.2 Å². The van der Waals surface area contributed by atoms with Gasteiger partial charge >= 0.3 is 0 Å². The van der Waals surface area contributed by atoms with Crippen molar-refractivity contribution < 1.29 is 9.53 Å². The van der Waals surface area contributed by atoms with Gasteiger partial charge in [0.1, 0.15) is 0 Å². The second kappa shape index (κ2) is 7.88. The lowest BCUT2D eigenvalue weighted by Crippen LogP contribution is -2.41. The summed E-state index contributed by atoms with van der Waals surface area (Å²) in [7, 11) is 0. The van der Waals surface area contributed by atoms with Crippen LogP contribution in [0.4, 0.5) is 0 Å². The Morgan fingerprint density at radius 3 is 2.88 bits per heavy atom. The Balaban J connectivity index is 1.51. The largest absolute Gasteiger partial charge is 0.379 e. The highest BCUT2D eigenvalue weighted by atomic mass is 16.5. The Kier molecular flexibility index (Phi) is 5.38. The van der Waals surface area contributed by atoms with E-state index in [9.17, 15) is 9.59 Å². The predicted molar refractivity (Wildman–Crippen MR) is 89.5 cm³/mol. The van der Waals surface area contributed by atoms with Crippen LogP contribution in [0.3, 0.4) is 0 Å². The number of hydrogen-bond acceptors (Lipinski definition) is 4. The first-order valence-corrected chi connectivity index (χ1v) is 8.14. The third-order valence-corrected chi connectivity index (χ3v) is 4.27. The number of rotatable bonds is 6. The van der Waals surface area contributed by atoms with Crippen LogP contribution in [-0.4, -0.2) is 34.7 Å². The summed E-state index contributed by atoms with van der Waals surface area (Å²) >= 11 is 0. The molecule has 6 heteroatoms. The molecule has 1 saturated heterocycles. The molecular formula is C18H21N3O3. The molecule has 0 aliphatic carbocycles. The monoisotopic (exact) mass is 327 g/mol. The van der Waals surface area contributed by atoms with Gasteiger partial charge in [-0.15, -0.1) is 0 Å². The molecule has 0 bridgehead atoms. The zero-order valence-corrected chi connectivity index (χ0v) is 13.4. The fourth-order valence-electron chi connectivity index (χ4n) is 2.93. The van der Waals surface area contributed by atoms with Crippen molar-refractivity contribution in [1.82, 2.24) is 14.9 Å². The third-order valence-electron chi connectivity index (χ3n) is 4.27. The summed E-state index contributed by atoms with van der Waals surface area (Å²) in [6.45, 7) is 1.56. The number of hydrogen-bond donors (Lipinski definition) is 1. The number of aromatic nitrogens is 2. The third kappa shape index (κ3) is 4.29. The minimum atomic E-state index is -0.0925. The highest BCUT2D eigenvalue weighted by Gasteiger charge is 2.29. The van der Waals surface area contributed by atoms with E-state index in [1.54, 1.807) is 35.3 Å². The molecular weight excluding hydrogens is 306 g/mol. The minimum Gasteiger partial charge on any atom is -0.379 e. The lowest BCUT2D eigenvalue weighted by molar-refractivity contribution is -0.122. The first-order valence-electron chi connectivity index (χ1n) is 8.14. The van der Waals surface area contributed by atoms with Crippen LogP contribution in [0, 0.1) is 5.92 Å². The van der Waals surface area contributed by atoms with Crippen molar-refractivity contribution in [2.24, 2.45) is 5.92 Å². The summed E-state index contributed by atoms with van der Waals surface area (Å²) in [6, 6.07) is 8.96. The average molecular weight is 327 g/mol. The van der Waals surface area contributed by atoms with Gasteiger partial charge in [0.05, 0.1) is 19.3 Å². The van der Waals surface area contributed by atoms with Crippen LogP contribution in [0.25, 0.3) is 0 Å². The standard InChI is InChI=1S/C18H21N3O3/c22-17(6-10-21-9-2-1-3-18(21)23)20-16-13-24-12-15(16)11-14-4-7-19-8-5-14/h1-5,7-9,15-16H,6,10-13H2,(H,20,22)/t15-,16+/m1/s1. The fourth-order valence-corrected chi connectivity index (χ4v) is 2.93. The van der Waals surface area contributed by atoms with Gasteiger partial charge in [-0.2, -0.15) is 0 Å². The molecule has 6 nitrogen and oxygen atoms in total. The molecule has 1 aliphatic rings. The first-order chi connectivity index (χ1) is 11.7. The van der Waals surface area contributed by atoms with Gasteiger partial charge in [-0.3, -0.25) is 14.6 Å². The molecule has 3 heterocycles. The molecule has 0 radical (unpaired) electrons. The maximum absolute atomic E-state index is 12.2. The van der Waals surface area contributed by atoms with Gasteiger partial charge in [0.2, 0.25) is 5.91 Å². The molecule has 126 valence electrons. The van der Waals surface area contributed by atoms with Crippen LogP contribution in [0.5, 0.6) is 0 Å². The quantitative estimate of drug-likeness (QED) is 0.859. The molecule has 1 fully saturated rings. The maximum atomic E-state index is 12.2. The fraction of sp³-hybridized carbons (Fsp3) is 0.389. The van der Waals surface area contributed by atoms with Crippen LogP contribution >= 0.6 is 0 Å². The highest BCUT2D eigenvalue weighted by molar-refractivity contribution is 5.76. The number of amides is 1. The van der Waals surface area contributed by atoms with Crippen molar-refractivity contribution in [1.29, 1.82) is 0 Å². The molecule has 2 aromatic rings. The summed E-state index contributed by atoms with van der Waals surface area (Å²) < 4.78 is 7.08. The van der Waals surface area contributed by atoms with Crippen LogP contribution in [-0.2, 0) is 22.5 Å². The number of aryl methyl sites for hydroxylation is 1. The Morgan fingerprint density at radius 2 is 2.08 bits per heavy atom. The van der Waals surface area contributed by atoms with Crippen molar-refractivity contribution in [3.8, 4) is 0 Å². The van der Waals surface area contributed by atoms with Gasteiger partial charge in [0.25, 0.3) is 5.56 Å². The molecule has 1 N–H and O–H groups in total. The van der Waals surface area contributed by atoms with E-state index in [0.717, 1.165) is 6.42 Å². The molecule has 3 rings (SSSR count). The number of nitrogens with one attached hydrogen (secondary N) is 1. The Labute approximate surface area is 140 Å². The molecule has 2 atom stereocenters. The summed E-state index contributed by atoms with van der Waals surface area (Å²) in [6.07, 6.45) is 6.38. The number of carbonyl (C=O) groups excluding carboxylic acids is 1. The Hall–Kier alpha value is -2.47. The van der Waals surface area contributed by atoms with E-state index in [-0.39, 0.29) is 29.8 Å². The smallest absolute Gasteiger partial charge is 0.250 e. The Morgan fingerprint density at radius 1 is 1.25 bits per heavy atom. The lowest BCUT2D eigenvalue weighted by atomic mass is 9.95. The minimum absolute atomic E-state index is 0.0122. The number of pyridine rings is 2. The van der Waals surface area contributed by atoms with Crippen LogP contribution < -0.4 is 10.9 Å². The number of ether oxygens (including phenoxy) is 1. The van der Waals surface area contributed by atoms with Crippen molar-refractivity contribution in [3.63, 3.8) is 0 Å². The summed E-state index contributed by atoms with van der Waals surface area (Å²) in [5, 5.41) is 3.04. The number of nitrogens with zero attached hydrogens (tertiary/aromatic N) is 2. The van der Waals surface area contributed by atoms with Gasteiger partial charge < -0.3 is 14.6 Å². The molecule has 0 aromatic carbocycles. The van der Waals surface area contributed by atoms with Crippen LogP contribution in [0.2, 0.25) is 0 Å². The van der Waals surface area contributed by atoms with E-state index in [4.69, 9.17) is 4.74 Å². The van der Waals surface area contributed by atoms with Gasteiger partial charge in [0.15, 0.2) is 0 Å². The molecule has 0 unspecified atom stereocenters. The molecule has 1 amide bonds. The van der Waals surface area contributed by atoms with E-state index < -0.39 is 0 Å². The van der Waals surface area contributed by atoms with E-state index in [0.29, 0.717) is 19.8 Å². The summed E-state index contributed by atoms with van der Waals surface area (Å²) in [4.78, 5) is 27.8. The zero-order valence-electron chi connectivity index (χ0n) is 13.4. The topological polar surface area (TPSA) is 73.2 Å². The highest BCUT2D eigenvalue weighted by Crippen LogP contribution is 2.19. The average Bonchev–Trinajstić information content (AvgIpc) is 3.02. The second-order valence-electron chi connectivity index (χ2n) is 6.01. The van der Waals surface area contributed by atoms with Crippen molar-refractivity contribution in [3.05, 3.63) is 64.8 Å². The molecule has 24 heavy (non-hydrogen) atoms. The van der Waals surface area contributed by atoms with E-state index in [2.05, 4.69) is 10.3 Å². The molecule has 0 spiro atoms. The molecule has 1 aliphatic heterocycles. The van der Waals surface area contributed by atoms with Crippen molar-refractivity contribution >= 4 is 5.91 Å². The van der Waals surface area contributed by atoms with Crippen molar-refractivity contribution in [2.45, 2.75) is 25.4 Å². The van der Waals surface area contributed by atoms with Crippen molar-refractivity contribution in [2.75, 3.05) is 13.2 Å². The van der Waals surface area contributed by atoms with Gasteiger partial charge in [-0.25, -0.2) is 0 Å². The van der Waals surface area contributed by atoms with E-state index >= 15 is 0 Å².